The topological polar surface area (TPSA) is 0 Å². The van der Waals surface area contributed by atoms with Crippen LogP contribution in [0.1, 0.15) is 20.3 Å². The van der Waals surface area contributed by atoms with E-state index in [4.69, 9.17) is 0 Å². The van der Waals surface area contributed by atoms with Crippen molar-refractivity contribution >= 4 is 6.98 Å². The average Bonchev–Trinajstić information content (AvgIpc) is 1.60. The van der Waals surface area contributed by atoms with E-state index in [1.165, 1.54) is 0 Å². The van der Waals surface area contributed by atoms with E-state index in [1.54, 1.807) is 13.8 Å². The minimum atomic E-state index is -4.80. The number of rotatable bonds is 3. The minimum absolute atomic E-state index is 0. The predicted molar refractivity (Wildman–Crippen MR) is 37.7 cm³/mol. The molecule has 0 aliphatic heterocycles. The summed E-state index contributed by atoms with van der Waals surface area (Å²) in [5.41, 5.74) is -0.574. The van der Waals surface area contributed by atoms with Crippen molar-refractivity contribution in [2.24, 2.45) is 5.92 Å². The van der Waals surface area contributed by atoms with E-state index in [0.29, 0.717) is 0 Å². The zero-order chi connectivity index (χ0) is 8.36. The van der Waals surface area contributed by atoms with Crippen molar-refractivity contribution in [3.63, 3.8) is 0 Å². The molecule has 0 N–H and O–H groups in total. The monoisotopic (exact) mass is 190 g/mol. The summed E-state index contributed by atoms with van der Waals surface area (Å²) >= 11 is 0. The fraction of sp³-hybridized carbons (Fsp3) is 0.667. The van der Waals surface area contributed by atoms with Gasteiger partial charge < -0.3 is 12.9 Å². The molecule has 60 valence electrons. The van der Waals surface area contributed by atoms with E-state index in [2.05, 4.69) is 6.58 Å². The zero-order valence-electron chi connectivity index (χ0n) is 7.20. The third-order valence-corrected chi connectivity index (χ3v) is 1.13. The van der Waals surface area contributed by atoms with Gasteiger partial charge in [-0.3, -0.25) is 0 Å². The molecule has 0 spiro atoms. The van der Waals surface area contributed by atoms with Crippen LogP contribution in [0.15, 0.2) is 12.1 Å². The normalized spacial score (nSPS) is 11.1. The van der Waals surface area contributed by atoms with Crippen LogP contribution in [0.25, 0.3) is 0 Å². The molecule has 0 rings (SSSR count). The zero-order valence-corrected chi connectivity index (χ0v) is 10.3. The standard InChI is InChI=1S/C6H11BF3.K/c1-5(2)4-6(3)7(8,9)10;/h5H,3-4H2,1-2H3;/q-1;+1. The first-order valence-corrected chi connectivity index (χ1v) is 3.21. The van der Waals surface area contributed by atoms with Crippen molar-refractivity contribution in [3.05, 3.63) is 12.1 Å². The van der Waals surface area contributed by atoms with Gasteiger partial charge in [-0.05, 0) is 5.92 Å². The average molecular weight is 190 g/mol. The molecular weight excluding hydrogens is 179 g/mol. The van der Waals surface area contributed by atoms with E-state index in [-0.39, 0.29) is 63.7 Å². The Hall–Kier alpha value is 1.23. The molecule has 0 nitrogen and oxygen atoms in total. The molecule has 0 saturated heterocycles. The van der Waals surface area contributed by atoms with Gasteiger partial charge in [0, 0.05) is 0 Å². The molecule has 0 amide bonds. The van der Waals surface area contributed by atoms with Crippen LogP contribution in [0.2, 0.25) is 0 Å². The number of allylic oxidation sites excluding steroid dienone is 1. The molecule has 5 heteroatoms. The molecule has 0 atom stereocenters. The van der Waals surface area contributed by atoms with E-state index >= 15 is 0 Å². The number of hydrogen-bond donors (Lipinski definition) is 0. The Kier molecular flexibility index (Phi) is 7.78. The first-order valence-electron chi connectivity index (χ1n) is 3.21. The molecule has 0 heterocycles. The van der Waals surface area contributed by atoms with Gasteiger partial charge in [0.15, 0.2) is 0 Å². The summed E-state index contributed by atoms with van der Waals surface area (Å²) in [5, 5.41) is 0. The van der Waals surface area contributed by atoms with Crippen molar-refractivity contribution in [1.29, 1.82) is 0 Å². The Bertz CT molecular complexity index is 130. The molecule has 0 bridgehead atoms. The number of hydrogen-bond acceptors (Lipinski definition) is 0. The first-order chi connectivity index (χ1) is 4.34. The van der Waals surface area contributed by atoms with Gasteiger partial charge in [0.05, 0.1) is 0 Å². The van der Waals surface area contributed by atoms with Crippen molar-refractivity contribution in [2.75, 3.05) is 0 Å². The van der Waals surface area contributed by atoms with Crippen LogP contribution in [-0.2, 0) is 0 Å². The van der Waals surface area contributed by atoms with E-state index in [9.17, 15) is 12.9 Å². The maximum absolute atomic E-state index is 11.8. The van der Waals surface area contributed by atoms with E-state index in [0.717, 1.165) is 0 Å². The van der Waals surface area contributed by atoms with Crippen LogP contribution in [0.4, 0.5) is 12.9 Å². The van der Waals surface area contributed by atoms with Crippen LogP contribution in [0.5, 0.6) is 0 Å². The van der Waals surface area contributed by atoms with Gasteiger partial charge in [-0.25, -0.2) is 0 Å². The smallest absolute Gasteiger partial charge is 0.445 e. The second-order valence-corrected chi connectivity index (χ2v) is 2.83. The van der Waals surface area contributed by atoms with E-state index in [1.807, 2.05) is 0 Å². The Morgan fingerprint density at radius 1 is 1.36 bits per heavy atom. The Balaban J connectivity index is 0. The largest absolute Gasteiger partial charge is 1.00 e. The first kappa shape index (κ1) is 14.7. The summed E-state index contributed by atoms with van der Waals surface area (Å²) in [6, 6.07) is 0. The summed E-state index contributed by atoms with van der Waals surface area (Å²) in [6.07, 6.45) is 0.0590. The van der Waals surface area contributed by atoms with Gasteiger partial charge in [-0.1, -0.05) is 20.3 Å². The Morgan fingerprint density at radius 2 is 1.73 bits per heavy atom. The summed E-state index contributed by atoms with van der Waals surface area (Å²) in [5.74, 6) is 0.0380. The third kappa shape index (κ3) is 7.59. The van der Waals surface area contributed by atoms with Crippen molar-refractivity contribution in [2.45, 2.75) is 20.3 Å². The maximum atomic E-state index is 11.8. The van der Waals surface area contributed by atoms with E-state index < -0.39 is 12.4 Å². The Labute approximate surface area is 108 Å². The SMILES string of the molecule is C=C(CC(C)C)[B-](F)(F)F.[K+]. The molecular formula is C6H11BF3K. The predicted octanol–water partition coefficient (Wildman–Crippen LogP) is -0.0207. The molecule has 0 radical (unpaired) electrons. The molecule has 11 heavy (non-hydrogen) atoms. The van der Waals surface area contributed by atoms with Crippen molar-refractivity contribution in [1.82, 2.24) is 0 Å². The summed E-state index contributed by atoms with van der Waals surface area (Å²) in [7, 11) is 0. The van der Waals surface area contributed by atoms with Crippen molar-refractivity contribution < 1.29 is 64.3 Å². The molecule has 0 fully saturated rings. The third-order valence-electron chi connectivity index (χ3n) is 1.13. The molecule has 0 aromatic carbocycles. The fourth-order valence-electron chi connectivity index (χ4n) is 0.658. The van der Waals surface area contributed by atoms with Gasteiger partial charge in [0.2, 0.25) is 0 Å². The quantitative estimate of drug-likeness (QED) is 0.548. The summed E-state index contributed by atoms with van der Waals surface area (Å²) in [4.78, 5) is 0. The van der Waals surface area contributed by atoms with Crippen molar-refractivity contribution in [3.8, 4) is 0 Å². The van der Waals surface area contributed by atoms with Gasteiger partial charge in [0.25, 0.3) is 0 Å². The van der Waals surface area contributed by atoms with Gasteiger partial charge in [0.1, 0.15) is 0 Å². The molecule has 0 aliphatic carbocycles. The van der Waals surface area contributed by atoms with Gasteiger partial charge in [-0.15, -0.1) is 12.1 Å². The van der Waals surface area contributed by atoms with Crippen LogP contribution < -0.4 is 51.4 Å². The van der Waals surface area contributed by atoms with Crippen LogP contribution in [0, 0.1) is 5.92 Å². The summed E-state index contributed by atoms with van der Waals surface area (Å²) < 4.78 is 35.3. The molecule has 0 unspecified atom stereocenters. The second kappa shape index (κ2) is 5.81. The minimum Gasteiger partial charge on any atom is -0.445 e. The Morgan fingerprint density at radius 3 is 1.82 bits per heavy atom. The van der Waals surface area contributed by atoms with Crippen LogP contribution >= 0.6 is 0 Å². The fourth-order valence-corrected chi connectivity index (χ4v) is 0.658. The second-order valence-electron chi connectivity index (χ2n) is 2.83. The number of halogens is 3. The maximum Gasteiger partial charge on any atom is 1.00 e. The van der Waals surface area contributed by atoms with Gasteiger partial charge in [-0.2, -0.15) is 0 Å². The molecule has 0 aromatic rings. The molecule has 0 saturated carbocycles. The molecule has 0 aromatic heterocycles. The van der Waals surface area contributed by atoms with Gasteiger partial charge >= 0.3 is 58.4 Å². The molecule has 0 aliphatic rings. The summed E-state index contributed by atoms with van der Waals surface area (Å²) in [6.45, 7) is 1.66. The van der Waals surface area contributed by atoms with Crippen LogP contribution in [-0.4, -0.2) is 6.98 Å². The van der Waals surface area contributed by atoms with Crippen LogP contribution in [0.3, 0.4) is 0 Å².